The van der Waals surface area contributed by atoms with E-state index in [-0.39, 0.29) is 17.5 Å². The number of benzene rings is 2. The van der Waals surface area contributed by atoms with Crippen LogP contribution in [0.2, 0.25) is 0 Å². The fraction of sp³-hybridized carbons (Fsp3) is 0.321. The molecule has 4 rings (SSSR count). The average molecular weight is 499 g/mol. The van der Waals surface area contributed by atoms with E-state index in [4.69, 9.17) is 4.74 Å². The number of ether oxygens (including phenoxy) is 1. The molecule has 37 heavy (non-hydrogen) atoms. The van der Waals surface area contributed by atoms with Crippen molar-refractivity contribution < 1.29 is 14.3 Å². The highest BCUT2D eigenvalue weighted by Crippen LogP contribution is 2.25. The summed E-state index contributed by atoms with van der Waals surface area (Å²) in [6.45, 7) is 9.85. The lowest BCUT2D eigenvalue weighted by Gasteiger charge is -2.27. The predicted octanol–water partition coefficient (Wildman–Crippen LogP) is 4.24. The Balaban J connectivity index is 1.51. The van der Waals surface area contributed by atoms with E-state index in [0.29, 0.717) is 54.9 Å². The summed E-state index contributed by atoms with van der Waals surface area (Å²) in [6.07, 6.45) is 0. The zero-order valence-corrected chi connectivity index (χ0v) is 21.5. The third-order valence-electron chi connectivity index (χ3n) is 6.24. The quantitative estimate of drug-likeness (QED) is 0.522. The van der Waals surface area contributed by atoms with Gasteiger partial charge in [-0.2, -0.15) is 5.26 Å². The van der Waals surface area contributed by atoms with E-state index in [0.717, 1.165) is 11.1 Å². The van der Waals surface area contributed by atoms with Gasteiger partial charge < -0.3 is 20.3 Å². The van der Waals surface area contributed by atoms with Crippen LogP contribution in [0.5, 0.6) is 0 Å². The number of anilines is 3. The van der Waals surface area contributed by atoms with Crippen molar-refractivity contribution in [1.82, 2.24) is 9.97 Å². The number of nitrogens with zero attached hydrogens (tertiary/aromatic N) is 4. The maximum Gasteiger partial charge on any atom is 0.274 e. The molecule has 2 amide bonds. The number of nitriles is 1. The van der Waals surface area contributed by atoms with Gasteiger partial charge in [0.25, 0.3) is 11.8 Å². The van der Waals surface area contributed by atoms with Gasteiger partial charge in [-0.05, 0) is 69.2 Å². The van der Waals surface area contributed by atoms with Crippen molar-refractivity contribution in [2.45, 2.75) is 33.1 Å². The summed E-state index contributed by atoms with van der Waals surface area (Å²) in [5.41, 5.74) is 3.38. The summed E-state index contributed by atoms with van der Waals surface area (Å²) < 4.78 is 5.39. The SMILES string of the molecule is Cc1cc(C(=O)Nc2cc(NC(=O)c3cccc(C(C)(C)C#N)c3)ccc2C)nc(N2CCOCC2)n1. The number of nitrogens with one attached hydrogen (secondary N) is 2. The molecular formula is C28H30N6O3. The van der Waals surface area contributed by atoms with Gasteiger partial charge in [-0.15, -0.1) is 0 Å². The number of hydrogen-bond donors (Lipinski definition) is 2. The molecule has 190 valence electrons. The van der Waals surface area contributed by atoms with E-state index in [1.165, 1.54) is 0 Å². The van der Waals surface area contributed by atoms with Crippen LogP contribution < -0.4 is 15.5 Å². The van der Waals surface area contributed by atoms with Gasteiger partial charge in [0, 0.05) is 35.7 Å². The summed E-state index contributed by atoms with van der Waals surface area (Å²) >= 11 is 0. The molecule has 1 aliphatic rings. The molecule has 9 heteroatoms. The number of aryl methyl sites for hydroxylation is 2. The normalized spacial score (nSPS) is 13.5. The highest BCUT2D eigenvalue weighted by molar-refractivity contribution is 6.06. The Labute approximate surface area is 216 Å². The Morgan fingerprint density at radius 1 is 1.00 bits per heavy atom. The van der Waals surface area contributed by atoms with Crippen LogP contribution in [-0.2, 0) is 10.2 Å². The molecule has 0 atom stereocenters. The zero-order valence-electron chi connectivity index (χ0n) is 21.5. The molecule has 9 nitrogen and oxygen atoms in total. The average Bonchev–Trinajstić information content (AvgIpc) is 2.90. The van der Waals surface area contributed by atoms with Crippen LogP contribution >= 0.6 is 0 Å². The molecule has 1 aliphatic heterocycles. The van der Waals surface area contributed by atoms with Gasteiger partial charge in [0.1, 0.15) is 5.69 Å². The van der Waals surface area contributed by atoms with Crippen LogP contribution in [0.25, 0.3) is 0 Å². The zero-order chi connectivity index (χ0) is 26.6. The van der Waals surface area contributed by atoms with Crippen LogP contribution in [0.4, 0.5) is 17.3 Å². The molecule has 0 unspecified atom stereocenters. The first-order valence-electron chi connectivity index (χ1n) is 12.1. The largest absolute Gasteiger partial charge is 0.378 e. The second-order valence-electron chi connectivity index (χ2n) is 9.55. The Hall–Kier alpha value is -4.29. The first-order valence-corrected chi connectivity index (χ1v) is 12.1. The number of amides is 2. The third kappa shape index (κ3) is 6.11. The van der Waals surface area contributed by atoms with Gasteiger partial charge >= 0.3 is 0 Å². The van der Waals surface area contributed by atoms with Gasteiger partial charge in [-0.25, -0.2) is 9.97 Å². The number of rotatable bonds is 6. The minimum Gasteiger partial charge on any atom is -0.378 e. The summed E-state index contributed by atoms with van der Waals surface area (Å²) in [6, 6.07) is 16.2. The highest BCUT2D eigenvalue weighted by Gasteiger charge is 2.21. The van der Waals surface area contributed by atoms with Crippen molar-refractivity contribution >= 4 is 29.1 Å². The van der Waals surface area contributed by atoms with E-state index < -0.39 is 5.41 Å². The summed E-state index contributed by atoms with van der Waals surface area (Å²) in [5, 5.41) is 15.2. The van der Waals surface area contributed by atoms with E-state index in [1.807, 2.05) is 44.7 Å². The van der Waals surface area contributed by atoms with Crippen molar-refractivity contribution in [1.29, 1.82) is 5.26 Å². The molecule has 0 saturated carbocycles. The number of carbonyl (C=O) groups excluding carboxylic acids is 2. The Morgan fingerprint density at radius 3 is 2.49 bits per heavy atom. The number of carbonyl (C=O) groups is 2. The molecular weight excluding hydrogens is 468 g/mol. The maximum atomic E-state index is 13.1. The Morgan fingerprint density at radius 2 is 1.76 bits per heavy atom. The van der Waals surface area contributed by atoms with Gasteiger partial charge in [-0.3, -0.25) is 9.59 Å². The van der Waals surface area contributed by atoms with E-state index >= 15 is 0 Å². The first-order chi connectivity index (χ1) is 17.7. The molecule has 1 fully saturated rings. The molecule has 0 radical (unpaired) electrons. The lowest BCUT2D eigenvalue weighted by atomic mass is 9.85. The Kier molecular flexibility index (Phi) is 7.50. The van der Waals surface area contributed by atoms with Crippen LogP contribution in [0.3, 0.4) is 0 Å². The Bertz CT molecular complexity index is 1370. The van der Waals surface area contributed by atoms with Crippen molar-refractivity contribution in [3.63, 3.8) is 0 Å². The van der Waals surface area contributed by atoms with Gasteiger partial charge in [0.2, 0.25) is 5.95 Å². The first kappa shape index (κ1) is 25.8. The second kappa shape index (κ2) is 10.8. The lowest BCUT2D eigenvalue weighted by molar-refractivity contribution is 0.101. The van der Waals surface area contributed by atoms with E-state index in [1.54, 1.807) is 36.4 Å². The summed E-state index contributed by atoms with van der Waals surface area (Å²) in [4.78, 5) is 37.0. The highest BCUT2D eigenvalue weighted by atomic mass is 16.5. The van der Waals surface area contributed by atoms with Crippen molar-refractivity contribution in [3.8, 4) is 6.07 Å². The van der Waals surface area contributed by atoms with E-state index in [2.05, 4.69) is 26.7 Å². The lowest BCUT2D eigenvalue weighted by Crippen LogP contribution is -2.37. The second-order valence-corrected chi connectivity index (χ2v) is 9.55. The van der Waals surface area contributed by atoms with Crippen LogP contribution in [-0.4, -0.2) is 48.1 Å². The fourth-order valence-corrected chi connectivity index (χ4v) is 3.91. The number of morpholine rings is 1. The van der Waals surface area contributed by atoms with Crippen LogP contribution in [0.15, 0.2) is 48.5 Å². The minimum atomic E-state index is -0.710. The smallest absolute Gasteiger partial charge is 0.274 e. The molecule has 2 heterocycles. The molecule has 1 aromatic heterocycles. The van der Waals surface area contributed by atoms with Crippen molar-refractivity contribution in [2.24, 2.45) is 0 Å². The molecule has 0 aliphatic carbocycles. The monoisotopic (exact) mass is 498 g/mol. The standard InChI is InChI=1S/C28H30N6O3/c1-18-8-9-22(31-25(35)20-6-5-7-21(15-20)28(3,4)17-29)16-23(18)32-26(36)24-14-19(2)30-27(33-24)34-10-12-37-13-11-34/h5-9,14-16H,10-13H2,1-4H3,(H,31,35)(H,32,36). The minimum absolute atomic E-state index is 0.264. The van der Waals surface area contributed by atoms with Crippen LogP contribution in [0, 0.1) is 25.2 Å². The molecule has 2 N–H and O–H groups in total. The van der Waals surface area contributed by atoms with Crippen molar-refractivity contribution in [3.05, 3.63) is 76.6 Å². The predicted molar refractivity (Wildman–Crippen MR) is 142 cm³/mol. The van der Waals surface area contributed by atoms with Gasteiger partial charge in [-0.1, -0.05) is 18.2 Å². The number of hydrogen-bond acceptors (Lipinski definition) is 7. The third-order valence-corrected chi connectivity index (χ3v) is 6.24. The number of aromatic nitrogens is 2. The fourth-order valence-electron chi connectivity index (χ4n) is 3.91. The molecule has 0 bridgehead atoms. The summed E-state index contributed by atoms with van der Waals surface area (Å²) in [5.74, 6) is -0.163. The van der Waals surface area contributed by atoms with Crippen molar-refractivity contribution in [2.75, 3.05) is 41.8 Å². The van der Waals surface area contributed by atoms with Gasteiger partial charge in [0.05, 0.1) is 24.7 Å². The molecule has 0 spiro atoms. The topological polar surface area (TPSA) is 120 Å². The van der Waals surface area contributed by atoms with Crippen LogP contribution in [0.1, 0.15) is 51.5 Å². The maximum absolute atomic E-state index is 13.1. The van der Waals surface area contributed by atoms with Gasteiger partial charge in [0.15, 0.2) is 0 Å². The molecule has 2 aromatic carbocycles. The molecule has 1 saturated heterocycles. The molecule has 3 aromatic rings. The summed E-state index contributed by atoms with van der Waals surface area (Å²) in [7, 11) is 0. The van der Waals surface area contributed by atoms with E-state index in [9.17, 15) is 14.9 Å².